The minimum Gasteiger partial charge on any atom is -0.497 e. The number of hydrogen-bond donors (Lipinski definition) is 1. The summed E-state index contributed by atoms with van der Waals surface area (Å²) in [5.74, 6) is -0.0454. The number of hydrogen-bond acceptors (Lipinski definition) is 5. The number of carbonyl (C=O) groups is 2. The first-order valence-electron chi connectivity index (χ1n) is 9.92. The molecule has 1 N–H and O–H groups in total. The number of morpholine rings is 1. The summed E-state index contributed by atoms with van der Waals surface area (Å²) >= 11 is 6.19. The number of ether oxygens (including phenoxy) is 2. The standard InChI is InChI=1S/C22H24ClN3O4/c1-29-18-4-2-3-17(13-18)26-14-15(11-21(26)27)22(28)24-19-12-16(23)5-6-20(19)25-7-9-30-10-8-25/h2-6,12-13,15H,7-11,14H2,1H3,(H,24,28). The minimum atomic E-state index is -0.444. The highest BCUT2D eigenvalue weighted by atomic mass is 35.5. The molecule has 4 rings (SSSR count). The summed E-state index contributed by atoms with van der Waals surface area (Å²) in [6.07, 6.45) is 0.163. The summed E-state index contributed by atoms with van der Waals surface area (Å²) in [5.41, 5.74) is 2.29. The monoisotopic (exact) mass is 429 g/mol. The number of methoxy groups -OCH3 is 1. The van der Waals surface area contributed by atoms with Crippen molar-refractivity contribution in [2.75, 3.05) is 55.1 Å². The second-order valence-electron chi connectivity index (χ2n) is 7.36. The zero-order valence-electron chi connectivity index (χ0n) is 16.8. The maximum Gasteiger partial charge on any atom is 0.229 e. The van der Waals surface area contributed by atoms with Gasteiger partial charge in [0.1, 0.15) is 5.75 Å². The molecule has 0 saturated carbocycles. The van der Waals surface area contributed by atoms with E-state index in [0.29, 0.717) is 36.2 Å². The fraction of sp³-hybridized carbons (Fsp3) is 0.364. The van der Waals surface area contributed by atoms with Crippen molar-refractivity contribution in [1.82, 2.24) is 0 Å². The van der Waals surface area contributed by atoms with Gasteiger partial charge >= 0.3 is 0 Å². The van der Waals surface area contributed by atoms with Gasteiger partial charge in [-0.05, 0) is 30.3 Å². The van der Waals surface area contributed by atoms with E-state index >= 15 is 0 Å². The highest BCUT2D eigenvalue weighted by molar-refractivity contribution is 6.31. The molecule has 30 heavy (non-hydrogen) atoms. The number of halogens is 1. The molecule has 158 valence electrons. The van der Waals surface area contributed by atoms with Gasteiger partial charge in [-0.1, -0.05) is 17.7 Å². The van der Waals surface area contributed by atoms with Crippen LogP contribution in [0.25, 0.3) is 0 Å². The summed E-state index contributed by atoms with van der Waals surface area (Å²) in [7, 11) is 1.58. The molecule has 0 aliphatic carbocycles. The molecular formula is C22H24ClN3O4. The molecular weight excluding hydrogens is 406 g/mol. The van der Waals surface area contributed by atoms with Crippen LogP contribution in [-0.2, 0) is 14.3 Å². The van der Waals surface area contributed by atoms with Crippen molar-refractivity contribution in [2.45, 2.75) is 6.42 Å². The second kappa shape index (κ2) is 8.93. The molecule has 1 unspecified atom stereocenters. The van der Waals surface area contributed by atoms with E-state index in [2.05, 4.69) is 10.2 Å². The van der Waals surface area contributed by atoms with E-state index in [1.54, 1.807) is 24.1 Å². The van der Waals surface area contributed by atoms with Crippen molar-refractivity contribution in [2.24, 2.45) is 5.92 Å². The van der Waals surface area contributed by atoms with Gasteiger partial charge in [0.15, 0.2) is 0 Å². The number of anilines is 3. The minimum absolute atomic E-state index is 0.0806. The molecule has 1 atom stereocenters. The highest BCUT2D eigenvalue weighted by Crippen LogP contribution is 2.32. The lowest BCUT2D eigenvalue weighted by Gasteiger charge is -2.30. The molecule has 0 bridgehead atoms. The van der Waals surface area contributed by atoms with Gasteiger partial charge in [-0.25, -0.2) is 0 Å². The zero-order valence-corrected chi connectivity index (χ0v) is 17.5. The van der Waals surface area contributed by atoms with Gasteiger partial charge in [0.2, 0.25) is 11.8 Å². The summed E-state index contributed by atoms with van der Waals surface area (Å²) in [6.45, 7) is 3.10. The van der Waals surface area contributed by atoms with Gasteiger partial charge in [-0.15, -0.1) is 0 Å². The van der Waals surface area contributed by atoms with Gasteiger partial charge in [0.25, 0.3) is 0 Å². The molecule has 2 fully saturated rings. The first-order chi connectivity index (χ1) is 14.5. The molecule has 2 aliphatic rings. The van der Waals surface area contributed by atoms with Gasteiger partial charge in [0.05, 0.1) is 37.6 Å². The average Bonchev–Trinajstić information content (AvgIpc) is 3.16. The fourth-order valence-corrected chi connectivity index (χ4v) is 4.01. The van der Waals surface area contributed by atoms with Crippen LogP contribution in [0.2, 0.25) is 5.02 Å². The first kappa shape index (κ1) is 20.5. The van der Waals surface area contributed by atoms with Crippen LogP contribution in [0.15, 0.2) is 42.5 Å². The molecule has 7 nitrogen and oxygen atoms in total. The van der Waals surface area contributed by atoms with Crippen LogP contribution in [0, 0.1) is 5.92 Å². The van der Waals surface area contributed by atoms with Crippen molar-refractivity contribution < 1.29 is 19.1 Å². The van der Waals surface area contributed by atoms with Crippen molar-refractivity contribution in [3.63, 3.8) is 0 Å². The topological polar surface area (TPSA) is 71.1 Å². The predicted molar refractivity (Wildman–Crippen MR) is 117 cm³/mol. The zero-order chi connectivity index (χ0) is 21.1. The van der Waals surface area contributed by atoms with Gasteiger partial charge in [0, 0.05) is 42.8 Å². The van der Waals surface area contributed by atoms with Crippen LogP contribution in [0.1, 0.15) is 6.42 Å². The Kier molecular flexibility index (Phi) is 6.11. The molecule has 0 spiro atoms. The molecule has 2 aliphatic heterocycles. The Hall–Kier alpha value is -2.77. The van der Waals surface area contributed by atoms with E-state index in [1.807, 2.05) is 30.3 Å². The molecule has 2 aromatic rings. The molecule has 2 amide bonds. The third-order valence-corrected chi connectivity index (χ3v) is 5.66. The second-order valence-corrected chi connectivity index (χ2v) is 7.79. The Morgan fingerprint density at radius 1 is 1.20 bits per heavy atom. The highest BCUT2D eigenvalue weighted by Gasteiger charge is 2.35. The summed E-state index contributed by atoms with van der Waals surface area (Å²) < 4.78 is 10.7. The van der Waals surface area contributed by atoms with Crippen LogP contribution < -0.4 is 19.9 Å². The lowest BCUT2D eigenvalue weighted by molar-refractivity contribution is -0.122. The Morgan fingerprint density at radius 3 is 2.77 bits per heavy atom. The number of nitrogens with zero attached hydrogens (tertiary/aromatic N) is 2. The van der Waals surface area contributed by atoms with Crippen LogP contribution >= 0.6 is 11.6 Å². The van der Waals surface area contributed by atoms with E-state index in [4.69, 9.17) is 21.1 Å². The largest absolute Gasteiger partial charge is 0.497 e. The Bertz CT molecular complexity index is 946. The van der Waals surface area contributed by atoms with E-state index < -0.39 is 5.92 Å². The Morgan fingerprint density at radius 2 is 2.00 bits per heavy atom. The quantitative estimate of drug-likeness (QED) is 0.790. The predicted octanol–water partition coefficient (Wildman–Crippen LogP) is 3.18. The van der Waals surface area contributed by atoms with Crippen LogP contribution in [0.3, 0.4) is 0 Å². The van der Waals surface area contributed by atoms with E-state index in [1.165, 1.54) is 0 Å². The summed E-state index contributed by atoms with van der Waals surface area (Å²) in [6, 6.07) is 12.8. The van der Waals surface area contributed by atoms with E-state index in [0.717, 1.165) is 24.5 Å². The van der Waals surface area contributed by atoms with Gasteiger partial charge in [-0.2, -0.15) is 0 Å². The van der Waals surface area contributed by atoms with Crippen LogP contribution in [-0.4, -0.2) is 51.8 Å². The van der Waals surface area contributed by atoms with E-state index in [9.17, 15) is 9.59 Å². The van der Waals surface area contributed by atoms with Gasteiger partial charge < -0.3 is 24.6 Å². The summed E-state index contributed by atoms with van der Waals surface area (Å²) in [4.78, 5) is 29.4. The normalized spacial score (nSPS) is 19.1. The number of benzene rings is 2. The molecule has 8 heteroatoms. The number of amides is 2. The number of carbonyl (C=O) groups excluding carboxylic acids is 2. The molecule has 2 heterocycles. The SMILES string of the molecule is COc1cccc(N2CC(C(=O)Nc3cc(Cl)ccc3N3CCOCC3)CC2=O)c1. The van der Waals surface area contributed by atoms with Crippen molar-refractivity contribution >= 4 is 40.5 Å². The molecule has 0 radical (unpaired) electrons. The van der Waals surface area contributed by atoms with Crippen molar-refractivity contribution in [1.29, 1.82) is 0 Å². The third-order valence-electron chi connectivity index (χ3n) is 5.43. The maximum absolute atomic E-state index is 13.0. The Balaban J connectivity index is 1.49. The van der Waals surface area contributed by atoms with E-state index in [-0.39, 0.29) is 18.2 Å². The smallest absolute Gasteiger partial charge is 0.229 e. The van der Waals surface area contributed by atoms with Crippen LogP contribution in [0.4, 0.5) is 17.1 Å². The maximum atomic E-state index is 13.0. The molecule has 2 saturated heterocycles. The lowest BCUT2D eigenvalue weighted by Crippen LogP contribution is -2.37. The average molecular weight is 430 g/mol. The first-order valence-corrected chi connectivity index (χ1v) is 10.3. The van der Waals surface area contributed by atoms with Crippen molar-refractivity contribution in [3.8, 4) is 5.75 Å². The van der Waals surface area contributed by atoms with Gasteiger partial charge in [-0.3, -0.25) is 9.59 Å². The molecule has 2 aromatic carbocycles. The number of rotatable bonds is 5. The molecule has 0 aromatic heterocycles. The van der Waals surface area contributed by atoms with Crippen molar-refractivity contribution in [3.05, 3.63) is 47.5 Å². The lowest BCUT2D eigenvalue weighted by atomic mass is 10.1. The number of nitrogens with one attached hydrogen (secondary N) is 1. The van der Waals surface area contributed by atoms with Crippen LogP contribution in [0.5, 0.6) is 5.75 Å². The summed E-state index contributed by atoms with van der Waals surface area (Å²) in [5, 5.41) is 3.54. The fourth-order valence-electron chi connectivity index (χ4n) is 3.83. The third kappa shape index (κ3) is 4.37. The Labute approximate surface area is 180 Å².